The molecule has 0 aromatic heterocycles. The average Bonchev–Trinajstić information content (AvgIpc) is 2.48. The molecule has 3 nitrogen and oxygen atoms in total. The number of thioether (sulfide) groups is 1. The van der Waals surface area contributed by atoms with Gasteiger partial charge in [0.2, 0.25) is 0 Å². The highest BCUT2D eigenvalue weighted by Gasteiger charge is 2.22. The van der Waals surface area contributed by atoms with Crippen LogP contribution in [0.5, 0.6) is 0 Å². The van der Waals surface area contributed by atoms with Gasteiger partial charge in [-0.25, -0.2) is 0 Å². The summed E-state index contributed by atoms with van der Waals surface area (Å²) in [6.07, 6.45) is 2.72. The SMILES string of the molecule is O=CC1CSC(CCCO)N1. The van der Waals surface area contributed by atoms with Crippen molar-refractivity contribution in [3.05, 3.63) is 0 Å². The molecule has 0 aromatic carbocycles. The lowest BCUT2D eigenvalue weighted by Crippen LogP contribution is -2.30. The highest BCUT2D eigenvalue weighted by atomic mass is 32.2. The minimum absolute atomic E-state index is 0.0312. The van der Waals surface area contributed by atoms with E-state index in [1.165, 1.54) is 0 Å². The minimum atomic E-state index is 0.0312. The smallest absolute Gasteiger partial charge is 0.137 e. The highest BCUT2D eigenvalue weighted by Crippen LogP contribution is 2.21. The summed E-state index contributed by atoms with van der Waals surface area (Å²) in [5, 5.41) is 12.1. The van der Waals surface area contributed by atoms with E-state index in [2.05, 4.69) is 5.32 Å². The summed E-state index contributed by atoms with van der Waals surface area (Å²) in [4.78, 5) is 10.3. The zero-order chi connectivity index (χ0) is 8.10. The zero-order valence-electron chi connectivity index (χ0n) is 6.32. The van der Waals surface area contributed by atoms with Crippen molar-refractivity contribution in [1.29, 1.82) is 0 Å². The Morgan fingerprint density at radius 2 is 2.55 bits per heavy atom. The summed E-state index contributed by atoms with van der Waals surface area (Å²) in [6.45, 7) is 0.241. The molecule has 1 aliphatic heterocycles. The minimum Gasteiger partial charge on any atom is -0.396 e. The topological polar surface area (TPSA) is 49.3 Å². The average molecular weight is 175 g/mol. The van der Waals surface area contributed by atoms with E-state index in [4.69, 9.17) is 5.11 Å². The summed E-state index contributed by atoms with van der Waals surface area (Å²) in [7, 11) is 0. The maximum absolute atomic E-state index is 10.3. The Balaban J connectivity index is 2.14. The van der Waals surface area contributed by atoms with Crippen molar-refractivity contribution in [3.8, 4) is 0 Å². The number of aldehydes is 1. The number of carbonyl (C=O) groups is 1. The maximum atomic E-state index is 10.3. The predicted octanol–water partition coefficient (Wildman–Crippen LogP) is -0.0111. The molecule has 2 atom stereocenters. The van der Waals surface area contributed by atoms with Crippen LogP contribution in [0.3, 0.4) is 0 Å². The number of nitrogens with one attached hydrogen (secondary N) is 1. The monoisotopic (exact) mass is 175 g/mol. The van der Waals surface area contributed by atoms with Crippen LogP contribution in [0.2, 0.25) is 0 Å². The lowest BCUT2D eigenvalue weighted by atomic mass is 10.3. The molecular formula is C7H13NO2S. The van der Waals surface area contributed by atoms with Crippen LogP contribution in [-0.4, -0.2) is 35.2 Å². The Morgan fingerprint density at radius 1 is 1.73 bits per heavy atom. The van der Waals surface area contributed by atoms with Gasteiger partial charge in [0.05, 0.1) is 11.4 Å². The largest absolute Gasteiger partial charge is 0.396 e. The highest BCUT2D eigenvalue weighted by molar-refractivity contribution is 8.00. The van der Waals surface area contributed by atoms with Gasteiger partial charge in [-0.3, -0.25) is 5.32 Å². The Hall–Kier alpha value is -0.0600. The number of rotatable bonds is 4. The van der Waals surface area contributed by atoms with Crippen LogP contribution in [0.15, 0.2) is 0 Å². The van der Waals surface area contributed by atoms with E-state index in [1.54, 1.807) is 11.8 Å². The van der Waals surface area contributed by atoms with E-state index in [9.17, 15) is 4.79 Å². The van der Waals surface area contributed by atoms with E-state index in [-0.39, 0.29) is 12.6 Å². The second kappa shape index (κ2) is 4.74. The molecule has 2 N–H and O–H groups in total. The second-order valence-electron chi connectivity index (χ2n) is 2.60. The van der Waals surface area contributed by atoms with Gasteiger partial charge >= 0.3 is 0 Å². The quantitative estimate of drug-likeness (QED) is 0.590. The number of hydrogen-bond donors (Lipinski definition) is 2. The fourth-order valence-corrected chi connectivity index (χ4v) is 2.30. The predicted molar refractivity (Wildman–Crippen MR) is 45.6 cm³/mol. The van der Waals surface area contributed by atoms with Gasteiger partial charge in [0.25, 0.3) is 0 Å². The maximum Gasteiger partial charge on any atom is 0.137 e. The first-order chi connectivity index (χ1) is 5.36. The molecule has 1 saturated heterocycles. The third-order valence-corrected chi connectivity index (χ3v) is 2.99. The molecule has 0 radical (unpaired) electrons. The summed E-state index contributed by atoms with van der Waals surface area (Å²) >= 11 is 1.76. The van der Waals surface area contributed by atoms with Crippen molar-refractivity contribution >= 4 is 18.0 Å². The summed E-state index contributed by atoms with van der Waals surface area (Å²) in [5.74, 6) is 0.875. The molecule has 4 heteroatoms. The van der Waals surface area contributed by atoms with E-state index < -0.39 is 0 Å². The molecule has 11 heavy (non-hydrogen) atoms. The molecule has 1 aliphatic rings. The van der Waals surface area contributed by atoms with Crippen LogP contribution in [0.1, 0.15) is 12.8 Å². The Bertz CT molecular complexity index is 132. The fourth-order valence-electron chi connectivity index (χ4n) is 1.08. The molecule has 2 unspecified atom stereocenters. The number of aliphatic hydroxyl groups excluding tert-OH is 1. The van der Waals surface area contributed by atoms with E-state index in [1.807, 2.05) is 0 Å². The third-order valence-electron chi connectivity index (χ3n) is 1.67. The molecule has 1 rings (SSSR count). The van der Waals surface area contributed by atoms with Crippen molar-refractivity contribution < 1.29 is 9.90 Å². The third kappa shape index (κ3) is 2.81. The first-order valence-electron chi connectivity index (χ1n) is 3.80. The molecule has 1 heterocycles. The molecule has 0 spiro atoms. The molecule has 0 aromatic rings. The van der Waals surface area contributed by atoms with Gasteiger partial charge in [0.15, 0.2) is 0 Å². The van der Waals surface area contributed by atoms with Crippen molar-refractivity contribution in [2.45, 2.75) is 24.3 Å². The fraction of sp³-hybridized carbons (Fsp3) is 0.857. The summed E-state index contributed by atoms with van der Waals surface area (Å²) in [6, 6.07) is 0.0312. The van der Waals surface area contributed by atoms with Crippen molar-refractivity contribution in [1.82, 2.24) is 5.32 Å². The molecule has 64 valence electrons. The Labute approximate surface area is 70.6 Å². The van der Waals surface area contributed by atoms with Gasteiger partial charge in [-0.1, -0.05) is 0 Å². The summed E-state index contributed by atoms with van der Waals surface area (Å²) in [5.41, 5.74) is 0. The van der Waals surface area contributed by atoms with Crippen LogP contribution in [0, 0.1) is 0 Å². The first kappa shape index (κ1) is 9.03. The standard InChI is InChI=1S/C7H13NO2S/c9-3-1-2-7-8-6(4-10)5-11-7/h4,6-9H,1-3,5H2. The van der Waals surface area contributed by atoms with Gasteiger partial charge < -0.3 is 9.90 Å². The van der Waals surface area contributed by atoms with Crippen molar-refractivity contribution in [2.75, 3.05) is 12.4 Å². The second-order valence-corrected chi connectivity index (χ2v) is 3.83. The van der Waals surface area contributed by atoms with Gasteiger partial charge in [0.1, 0.15) is 6.29 Å². The number of aliphatic hydroxyl groups is 1. The lowest BCUT2D eigenvalue weighted by molar-refractivity contribution is -0.109. The molecule has 0 amide bonds. The van der Waals surface area contributed by atoms with Crippen molar-refractivity contribution in [3.63, 3.8) is 0 Å². The van der Waals surface area contributed by atoms with Crippen LogP contribution >= 0.6 is 11.8 Å². The van der Waals surface area contributed by atoms with Crippen LogP contribution in [-0.2, 0) is 4.79 Å². The normalized spacial score (nSPS) is 30.6. The van der Waals surface area contributed by atoms with Gasteiger partial charge in [-0.15, -0.1) is 11.8 Å². The van der Waals surface area contributed by atoms with Gasteiger partial charge in [-0.2, -0.15) is 0 Å². The van der Waals surface area contributed by atoms with E-state index in [0.29, 0.717) is 5.37 Å². The van der Waals surface area contributed by atoms with Gasteiger partial charge in [-0.05, 0) is 12.8 Å². The number of hydrogen-bond acceptors (Lipinski definition) is 4. The first-order valence-corrected chi connectivity index (χ1v) is 4.85. The van der Waals surface area contributed by atoms with Crippen LogP contribution < -0.4 is 5.32 Å². The molecule has 1 fully saturated rings. The Kier molecular flexibility index (Phi) is 3.90. The molecule has 0 bridgehead atoms. The molecule has 0 aliphatic carbocycles. The molecular weight excluding hydrogens is 162 g/mol. The number of carbonyl (C=O) groups excluding carboxylic acids is 1. The van der Waals surface area contributed by atoms with E-state index >= 15 is 0 Å². The van der Waals surface area contributed by atoms with Crippen LogP contribution in [0.4, 0.5) is 0 Å². The van der Waals surface area contributed by atoms with E-state index in [0.717, 1.165) is 24.9 Å². The summed E-state index contributed by atoms with van der Waals surface area (Å²) < 4.78 is 0. The Morgan fingerprint density at radius 3 is 3.09 bits per heavy atom. The lowest BCUT2D eigenvalue weighted by Gasteiger charge is -2.07. The van der Waals surface area contributed by atoms with Gasteiger partial charge in [0, 0.05) is 12.4 Å². The van der Waals surface area contributed by atoms with Crippen molar-refractivity contribution in [2.24, 2.45) is 0 Å². The zero-order valence-corrected chi connectivity index (χ0v) is 7.14. The molecule has 0 saturated carbocycles. The van der Waals surface area contributed by atoms with Crippen LogP contribution in [0.25, 0.3) is 0 Å².